The molecule has 50 heavy (non-hydrogen) atoms. The van der Waals surface area contributed by atoms with Gasteiger partial charge in [0.25, 0.3) is 0 Å². The maximum absolute atomic E-state index is 15.4. The molecule has 2 amide bonds. The van der Waals surface area contributed by atoms with Crippen molar-refractivity contribution in [1.29, 1.82) is 0 Å². The molecule has 0 radical (unpaired) electrons. The molecule has 1 aromatic rings. The second-order valence-corrected chi connectivity index (χ2v) is 14.3. The Kier molecular flexibility index (Phi) is 12.7. The highest BCUT2D eigenvalue weighted by atomic mass is 32.2. The molecular weight excluding hydrogens is 665 g/mol. The molecule has 14 heteroatoms. The summed E-state index contributed by atoms with van der Waals surface area (Å²) in [5.74, 6) is -1.49. The number of alkyl halides is 1. The molecule has 1 saturated carbocycles. The van der Waals surface area contributed by atoms with Crippen LogP contribution in [0.2, 0.25) is 0 Å². The predicted octanol–water partition coefficient (Wildman–Crippen LogP) is 2.40. The number of thioether (sulfide) groups is 1. The van der Waals surface area contributed by atoms with E-state index in [1.54, 1.807) is 42.2 Å². The number of amides is 2. The normalized spacial score (nSPS) is 21.6. The van der Waals surface area contributed by atoms with Crippen LogP contribution in [0.4, 0.5) is 4.39 Å². The van der Waals surface area contributed by atoms with Gasteiger partial charge in [0.1, 0.15) is 30.0 Å². The smallest absolute Gasteiger partial charge is 0.343 e. The van der Waals surface area contributed by atoms with E-state index in [1.165, 1.54) is 6.08 Å². The van der Waals surface area contributed by atoms with Gasteiger partial charge in [-0.2, -0.15) is 11.8 Å². The van der Waals surface area contributed by atoms with Crippen molar-refractivity contribution in [3.8, 4) is 5.75 Å². The SMILES string of the molecule is CSCC[C@H](NC=O)C(=O)N[C@@H](CC(C)C)C(=O)Oc1ccc(COC(=O)C2=CN(C3CC3)C3C=C(N4CCNCC4)C(F)C=C3C2=O)cc1. The number of rotatable bonds is 16. The molecule has 2 unspecified atom stereocenters. The number of allylic oxidation sites excluding steroid dienone is 1. The van der Waals surface area contributed by atoms with Gasteiger partial charge in [0, 0.05) is 44.0 Å². The summed E-state index contributed by atoms with van der Waals surface area (Å²) in [6.07, 6.45) is 8.27. The van der Waals surface area contributed by atoms with Gasteiger partial charge < -0.3 is 35.2 Å². The summed E-state index contributed by atoms with van der Waals surface area (Å²) in [5, 5.41) is 8.50. The van der Waals surface area contributed by atoms with Gasteiger partial charge in [0.2, 0.25) is 12.3 Å². The van der Waals surface area contributed by atoms with Gasteiger partial charge in [0.05, 0.1) is 11.7 Å². The maximum Gasteiger partial charge on any atom is 0.343 e. The number of hydrogen-bond donors (Lipinski definition) is 3. The molecule has 4 aliphatic rings. The van der Waals surface area contributed by atoms with E-state index in [0.29, 0.717) is 49.4 Å². The van der Waals surface area contributed by atoms with E-state index in [2.05, 4.69) is 16.0 Å². The first-order chi connectivity index (χ1) is 24.1. The number of carbonyl (C=O) groups is 5. The lowest BCUT2D eigenvalue weighted by molar-refractivity contribution is -0.142. The monoisotopic (exact) mass is 711 g/mol. The van der Waals surface area contributed by atoms with Crippen molar-refractivity contribution >= 4 is 41.8 Å². The van der Waals surface area contributed by atoms with Gasteiger partial charge in [-0.1, -0.05) is 26.0 Å². The molecular formula is C36H46FN5O7S. The molecule has 270 valence electrons. The van der Waals surface area contributed by atoms with Crippen molar-refractivity contribution in [2.24, 2.45) is 5.92 Å². The number of benzene rings is 1. The van der Waals surface area contributed by atoms with E-state index < -0.39 is 47.9 Å². The number of carbonyl (C=O) groups excluding carboxylic acids is 5. The van der Waals surface area contributed by atoms with Crippen LogP contribution in [0.1, 0.15) is 45.1 Å². The van der Waals surface area contributed by atoms with Crippen LogP contribution in [0.3, 0.4) is 0 Å². The number of fused-ring (bicyclic) bond motifs is 1. The Hall–Kier alpha value is -4.17. The number of Topliss-reactive ketones (excluding diaryl/α,β-unsaturated/α-hetero) is 1. The van der Waals surface area contributed by atoms with Gasteiger partial charge in [-0.25, -0.2) is 14.0 Å². The predicted molar refractivity (Wildman–Crippen MR) is 186 cm³/mol. The Morgan fingerprint density at radius 3 is 2.46 bits per heavy atom. The summed E-state index contributed by atoms with van der Waals surface area (Å²) < 4.78 is 26.5. The number of ether oxygens (including phenoxy) is 2. The molecule has 4 atom stereocenters. The van der Waals surface area contributed by atoms with Gasteiger partial charge in [-0.05, 0) is 73.5 Å². The third-order valence-electron chi connectivity index (χ3n) is 9.05. The Balaban J connectivity index is 1.20. The lowest BCUT2D eigenvalue weighted by Crippen LogP contribution is -2.51. The van der Waals surface area contributed by atoms with Crippen molar-refractivity contribution in [3.05, 3.63) is 65.0 Å². The molecule has 1 aromatic carbocycles. The lowest BCUT2D eigenvalue weighted by Gasteiger charge is -2.40. The molecule has 2 fully saturated rings. The Bertz CT molecular complexity index is 1520. The Morgan fingerprint density at radius 2 is 1.82 bits per heavy atom. The van der Waals surface area contributed by atoms with Crippen LogP contribution in [0.15, 0.2) is 59.5 Å². The zero-order valence-electron chi connectivity index (χ0n) is 28.7. The minimum atomic E-state index is -1.44. The molecule has 2 aliphatic carbocycles. The van der Waals surface area contributed by atoms with Crippen LogP contribution in [0, 0.1) is 5.92 Å². The number of halogens is 1. The highest BCUT2D eigenvalue weighted by molar-refractivity contribution is 7.98. The number of nitrogens with one attached hydrogen (secondary N) is 3. The van der Waals surface area contributed by atoms with E-state index in [0.717, 1.165) is 25.9 Å². The minimum Gasteiger partial charge on any atom is -0.457 e. The first-order valence-electron chi connectivity index (χ1n) is 17.1. The summed E-state index contributed by atoms with van der Waals surface area (Å²) >= 11 is 1.54. The highest BCUT2D eigenvalue weighted by Gasteiger charge is 2.44. The first-order valence-corrected chi connectivity index (χ1v) is 18.5. The fourth-order valence-electron chi connectivity index (χ4n) is 6.27. The topological polar surface area (TPSA) is 146 Å². The van der Waals surface area contributed by atoms with E-state index >= 15 is 4.39 Å². The van der Waals surface area contributed by atoms with Crippen LogP contribution in [-0.4, -0.2) is 108 Å². The quantitative estimate of drug-likeness (QED) is 0.101. The molecule has 0 bridgehead atoms. The second kappa shape index (κ2) is 17.2. The van der Waals surface area contributed by atoms with Crippen molar-refractivity contribution in [1.82, 2.24) is 25.8 Å². The van der Waals surface area contributed by atoms with E-state index in [1.807, 2.05) is 36.0 Å². The van der Waals surface area contributed by atoms with E-state index in [-0.39, 0.29) is 35.5 Å². The largest absolute Gasteiger partial charge is 0.457 e. The zero-order valence-corrected chi connectivity index (χ0v) is 29.5. The van der Waals surface area contributed by atoms with Crippen molar-refractivity contribution in [2.75, 3.05) is 38.2 Å². The second-order valence-electron chi connectivity index (χ2n) is 13.3. The number of nitrogens with zero attached hydrogens (tertiary/aromatic N) is 2. The van der Waals surface area contributed by atoms with Crippen molar-refractivity contribution < 1.29 is 37.8 Å². The van der Waals surface area contributed by atoms with Gasteiger partial charge in [-0.3, -0.25) is 14.4 Å². The fraction of sp³-hybridized carbons (Fsp3) is 0.528. The molecule has 2 aliphatic heterocycles. The summed E-state index contributed by atoms with van der Waals surface area (Å²) in [6.45, 7) is 6.60. The van der Waals surface area contributed by atoms with Crippen LogP contribution in [-0.2, 0) is 35.3 Å². The maximum atomic E-state index is 15.4. The molecule has 0 spiro atoms. The summed E-state index contributed by atoms with van der Waals surface area (Å²) in [5.41, 5.74) is 1.28. The molecule has 2 heterocycles. The number of esters is 2. The standard InChI is InChI=1S/C36H46FN5O7S/c1-22(2)16-30(40-34(45)29(39-21-43)10-15-50-3)36(47)49-25-8-4-23(5-9-25)20-48-35(46)27-19-42(24-6-7-24)31-18-32(41-13-11-38-12-14-41)28(37)17-26(31)33(27)44/h4-5,8-9,17-19,21-22,24,28-31,38H,6-7,10-16,20H2,1-3H3,(H,39,43)(H,40,45)/t28?,29-,30-,31?/m0/s1. The summed E-state index contributed by atoms with van der Waals surface area (Å²) in [6, 6.07) is 4.38. The average molecular weight is 712 g/mol. The summed E-state index contributed by atoms with van der Waals surface area (Å²) in [7, 11) is 0. The van der Waals surface area contributed by atoms with Gasteiger partial charge in [-0.15, -0.1) is 0 Å². The number of piperazine rings is 1. The fourth-order valence-corrected chi connectivity index (χ4v) is 6.74. The van der Waals surface area contributed by atoms with Crippen molar-refractivity contribution in [3.63, 3.8) is 0 Å². The van der Waals surface area contributed by atoms with Crippen LogP contribution >= 0.6 is 11.8 Å². The molecule has 3 N–H and O–H groups in total. The molecule has 12 nitrogen and oxygen atoms in total. The zero-order chi connectivity index (χ0) is 35.8. The first kappa shape index (κ1) is 37.1. The van der Waals surface area contributed by atoms with Gasteiger partial charge in [0.15, 0.2) is 12.0 Å². The summed E-state index contributed by atoms with van der Waals surface area (Å²) in [4.78, 5) is 67.7. The third-order valence-corrected chi connectivity index (χ3v) is 9.69. The van der Waals surface area contributed by atoms with E-state index in [9.17, 15) is 24.0 Å². The lowest BCUT2D eigenvalue weighted by atomic mass is 9.86. The number of hydrogen-bond acceptors (Lipinski definition) is 11. The third kappa shape index (κ3) is 9.33. The Labute approximate surface area is 296 Å². The minimum absolute atomic E-state index is 0.0704. The molecule has 0 aromatic heterocycles. The average Bonchev–Trinajstić information content (AvgIpc) is 3.95. The van der Waals surface area contributed by atoms with Crippen LogP contribution < -0.4 is 20.7 Å². The Morgan fingerprint density at radius 1 is 1.10 bits per heavy atom. The number of ketones is 1. The molecule has 1 saturated heterocycles. The van der Waals surface area contributed by atoms with Crippen LogP contribution in [0.25, 0.3) is 0 Å². The van der Waals surface area contributed by atoms with Crippen LogP contribution in [0.5, 0.6) is 5.75 Å². The van der Waals surface area contributed by atoms with Gasteiger partial charge >= 0.3 is 11.9 Å². The molecule has 5 rings (SSSR count). The highest BCUT2D eigenvalue weighted by Crippen LogP contribution is 2.39. The van der Waals surface area contributed by atoms with E-state index in [4.69, 9.17) is 9.47 Å². The van der Waals surface area contributed by atoms with Crippen molar-refractivity contribution in [2.45, 2.75) is 76.5 Å².